The molecule has 1 aliphatic rings. The Morgan fingerprint density at radius 1 is 1.59 bits per heavy atom. The zero-order chi connectivity index (χ0) is 12.4. The van der Waals surface area contributed by atoms with Crippen LogP contribution >= 0.6 is 0 Å². The highest BCUT2D eigenvalue weighted by Crippen LogP contribution is 2.18. The van der Waals surface area contributed by atoms with Gasteiger partial charge in [-0.3, -0.25) is 9.78 Å². The van der Waals surface area contributed by atoms with E-state index in [2.05, 4.69) is 4.98 Å². The molecule has 0 bridgehead atoms. The molecule has 0 saturated carbocycles. The Bertz CT molecular complexity index is 442. The Morgan fingerprint density at radius 3 is 2.82 bits per heavy atom. The smallest absolute Gasteiger partial charge is 0.337 e. The number of amides is 1. The lowest BCUT2D eigenvalue weighted by molar-refractivity contribution is -0.128. The van der Waals surface area contributed by atoms with Crippen molar-refractivity contribution in [1.29, 1.82) is 0 Å². The summed E-state index contributed by atoms with van der Waals surface area (Å²) in [5, 5.41) is 8.73. The van der Waals surface area contributed by atoms with Gasteiger partial charge >= 0.3 is 5.97 Å². The van der Waals surface area contributed by atoms with Crippen LogP contribution in [0.4, 0.5) is 0 Å². The summed E-state index contributed by atoms with van der Waals surface area (Å²) in [6, 6.07) is 3.16. The molecule has 0 radical (unpaired) electrons. The largest absolute Gasteiger partial charge is 0.478 e. The molecule has 0 aliphatic carbocycles. The summed E-state index contributed by atoms with van der Waals surface area (Å²) in [4.78, 5) is 28.0. The van der Waals surface area contributed by atoms with Gasteiger partial charge in [0.1, 0.15) is 0 Å². The van der Waals surface area contributed by atoms with Crippen molar-refractivity contribution in [3.05, 3.63) is 29.6 Å². The Labute approximate surface area is 99.1 Å². The third-order valence-electron chi connectivity index (χ3n) is 2.83. The number of pyridine rings is 1. The maximum Gasteiger partial charge on any atom is 0.337 e. The molecule has 1 saturated heterocycles. The first-order chi connectivity index (χ1) is 8.06. The minimum absolute atomic E-state index is 0.140. The van der Waals surface area contributed by atoms with E-state index in [-0.39, 0.29) is 11.5 Å². The molecule has 1 atom stereocenters. The lowest BCUT2D eigenvalue weighted by Crippen LogP contribution is -2.24. The van der Waals surface area contributed by atoms with Gasteiger partial charge in [0.05, 0.1) is 17.8 Å². The van der Waals surface area contributed by atoms with Gasteiger partial charge in [-0.2, -0.15) is 0 Å². The number of likely N-dealkylation sites (tertiary alicyclic amines) is 1. The van der Waals surface area contributed by atoms with E-state index < -0.39 is 5.97 Å². The Kier molecular flexibility index (Phi) is 3.08. The number of hydrogen-bond donors (Lipinski definition) is 1. The molecule has 2 heterocycles. The molecule has 1 aliphatic heterocycles. The van der Waals surface area contributed by atoms with Gasteiger partial charge < -0.3 is 10.0 Å². The van der Waals surface area contributed by atoms with Gasteiger partial charge in [0.25, 0.3) is 0 Å². The molecular weight excluding hydrogens is 220 g/mol. The fraction of sp³-hybridized carbons (Fsp3) is 0.417. The van der Waals surface area contributed by atoms with Gasteiger partial charge in [0.2, 0.25) is 5.91 Å². The molecule has 1 unspecified atom stereocenters. The SMILES string of the molecule is CC1CC(=O)N(Cc2ccc(C(=O)O)cn2)C1. The second kappa shape index (κ2) is 4.53. The topological polar surface area (TPSA) is 70.5 Å². The van der Waals surface area contributed by atoms with Crippen molar-refractivity contribution in [3.63, 3.8) is 0 Å². The predicted molar refractivity (Wildman–Crippen MR) is 60.4 cm³/mol. The Morgan fingerprint density at radius 2 is 2.35 bits per heavy atom. The van der Waals surface area contributed by atoms with E-state index in [0.29, 0.717) is 18.9 Å². The number of hydrogen-bond acceptors (Lipinski definition) is 3. The van der Waals surface area contributed by atoms with E-state index in [1.54, 1.807) is 11.0 Å². The summed E-state index contributed by atoms with van der Waals surface area (Å²) in [5.74, 6) is -0.461. The van der Waals surface area contributed by atoms with E-state index in [1.807, 2.05) is 6.92 Å². The standard InChI is InChI=1S/C12H14N2O3/c1-8-4-11(15)14(6-8)7-10-3-2-9(5-13-10)12(16)17/h2-3,5,8H,4,6-7H2,1H3,(H,16,17). The molecule has 0 spiro atoms. The van der Waals surface area contributed by atoms with E-state index in [1.165, 1.54) is 12.3 Å². The van der Waals surface area contributed by atoms with Crippen molar-refractivity contribution >= 4 is 11.9 Å². The van der Waals surface area contributed by atoms with Gasteiger partial charge in [-0.1, -0.05) is 6.92 Å². The first kappa shape index (κ1) is 11.6. The lowest BCUT2D eigenvalue weighted by Gasteiger charge is -2.15. The third-order valence-corrected chi connectivity index (χ3v) is 2.83. The van der Waals surface area contributed by atoms with Crippen molar-refractivity contribution in [2.24, 2.45) is 5.92 Å². The number of nitrogens with zero attached hydrogens (tertiary/aromatic N) is 2. The number of rotatable bonds is 3. The normalized spacial score (nSPS) is 19.7. The van der Waals surface area contributed by atoms with Crippen LogP contribution in [-0.2, 0) is 11.3 Å². The van der Waals surface area contributed by atoms with Crippen LogP contribution in [0.1, 0.15) is 29.4 Å². The van der Waals surface area contributed by atoms with Crippen molar-refractivity contribution in [1.82, 2.24) is 9.88 Å². The van der Waals surface area contributed by atoms with Crippen molar-refractivity contribution in [3.8, 4) is 0 Å². The molecule has 1 amide bonds. The number of carbonyl (C=O) groups excluding carboxylic acids is 1. The maximum absolute atomic E-state index is 11.6. The molecule has 1 N–H and O–H groups in total. The quantitative estimate of drug-likeness (QED) is 0.851. The zero-order valence-corrected chi connectivity index (χ0v) is 9.59. The average Bonchev–Trinajstić information content (AvgIpc) is 2.58. The van der Waals surface area contributed by atoms with Crippen molar-refractivity contribution in [2.75, 3.05) is 6.54 Å². The number of aromatic nitrogens is 1. The highest BCUT2D eigenvalue weighted by atomic mass is 16.4. The molecule has 17 heavy (non-hydrogen) atoms. The van der Waals surface area contributed by atoms with E-state index >= 15 is 0 Å². The van der Waals surface area contributed by atoms with Gasteiger partial charge in [-0.15, -0.1) is 0 Å². The lowest BCUT2D eigenvalue weighted by atomic mass is 10.2. The molecule has 0 aromatic carbocycles. The predicted octanol–water partition coefficient (Wildman–Crippen LogP) is 1.15. The molecule has 2 rings (SSSR count). The van der Waals surface area contributed by atoms with Crippen molar-refractivity contribution < 1.29 is 14.7 Å². The van der Waals surface area contributed by atoms with Crippen LogP contribution in [0.2, 0.25) is 0 Å². The van der Waals surface area contributed by atoms with Crippen LogP contribution in [0.5, 0.6) is 0 Å². The first-order valence-corrected chi connectivity index (χ1v) is 5.52. The van der Waals surface area contributed by atoms with Crippen LogP contribution < -0.4 is 0 Å². The summed E-state index contributed by atoms with van der Waals surface area (Å²) < 4.78 is 0. The van der Waals surface area contributed by atoms with E-state index in [4.69, 9.17) is 5.11 Å². The van der Waals surface area contributed by atoms with Gasteiger partial charge in [-0.25, -0.2) is 4.79 Å². The molecular formula is C12H14N2O3. The minimum atomic E-state index is -0.991. The molecule has 1 aromatic heterocycles. The summed E-state index contributed by atoms with van der Waals surface area (Å²) in [6.07, 6.45) is 1.91. The van der Waals surface area contributed by atoms with E-state index in [0.717, 1.165) is 12.2 Å². The van der Waals surface area contributed by atoms with Crippen LogP contribution in [0.3, 0.4) is 0 Å². The maximum atomic E-state index is 11.6. The van der Waals surface area contributed by atoms with Crippen LogP contribution in [0.25, 0.3) is 0 Å². The molecule has 1 fully saturated rings. The third kappa shape index (κ3) is 2.61. The Balaban J connectivity index is 2.04. The average molecular weight is 234 g/mol. The monoisotopic (exact) mass is 234 g/mol. The van der Waals surface area contributed by atoms with Crippen LogP contribution in [0, 0.1) is 5.92 Å². The fourth-order valence-electron chi connectivity index (χ4n) is 1.96. The Hall–Kier alpha value is -1.91. The number of carboxylic acid groups (broad SMARTS) is 1. The summed E-state index contributed by atoms with van der Waals surface area (Å²) >= 11 is 0. The number of carbonyl (C=O) groups is 2. The van der Waals surface area contributed by atoms with Gasteiger partial charge in [0.15, 0.2) is 0 Å². The zero-order valence-electron chi connectivity index (χ0n) is 9.59. The minimum Gasteiger partial charge on any atom is -0.478 e. The number of carboxylic acids is 1. The highest BCUT2D eigenvalue weighted by Gasteiger charge is 2.26. The summed E-state index contributed by atoms with van der Waals surface area (Å²) in [5.41, 5.74) is 0.882. The summed E-state index contributed by atoms with van der Waals surface area (Å²) in [6.45, 7) is 3.25. The number of aromatic carboxylic acids is 1. The molecule has 1 aromatic rings. The fourth-order valence-corrected chi connectivity index (χ4v) is 1.96. The van der Waals surface area contributed by atoms with Gasteiger partial charge in [-0.05, 0) is 18.1 Å². The second-order valence-electron chi connectivity index (χ2n) is 4.43. The van der Waals surface area contributed by atoms with Crippen molar-refractivity contribution in [2.45, 2.75) is 19.9 Å². The highest BCUT2D eigenvalue weighted by molar-refractivity contribution is 5.87. The van der Waals surface area contributed by atoms with Crippen LogP contribution in [-0.4, -0.2) is 33.4 Å². The summed E-state index contributed by atoms with van der Waals surface area (Å²) in [7, 11) is 0. The first-order valence-electron chi connectivity index (χ1n) is 5.52. The molecule has 5 heteroatoms. The van der Waals surface area contributed by atoms with Crippen LogP contribution in [0.15, 0.2) is 18.3 Å². The molecule has 5 nitrogen and oxygen atoms in total. The molecule has 90 valence electrons. The van der Waals surface area contributed by atoms with Gasteiger partial charge in [0, 0.05) is 19.2 Å². The van der Waals surface area contributed by atoms with E-state index in [9.17, 15) is 9.59 Å². The second-order valence-corrected chi connectivity index (χ2v) is 4.43.